The van der Waals surface area contributed by atoms with Crippen LogP contribution >= 0.6 is 11.3 Å². The van der Waals surface area contributed by atoms with Crippen LogP contribution in [-0.4, -0.2) is 29.4 Å². The number of rotatable bonds is 4. The number of aryl methyl sites for hydroxylation is 1. The molecule has 1 amide bonds. The van der Waals surface area contributed by atoms with Crippen molar-refractivity contribution in [2.45, 2.75) is 38.8 Å². The van der Waals surface area contributed by atoms with Gasteiger partial charge >= 0.3 is 0 Å². The quantitative estimate of drug-likeness (QED) is 0.835. The van der Waals surface area contributed by atoms with Gasteiger partial charge in [0, 0.05) is 35.9 Å². The number of ether oxygens (including phenoxy) is 1. The molecule has 1 atom stereocenters. The molecule has 1 saturated heterocycles. The van der Waals surface area contributed by atoms with Crippen LogP contribution in [0.25, 0.3) is 0 Å². The van der Waals surface area contributed by atoms with Crippen molar-refractivity contribution >= 4 is 17.2 Å². The number of amides is 1. The van der Waals surface area contributed by atoms with Crippen LogP contribution in [0.2, 0.25) is 0 Å². The second kappa shape index (κ2) is 7.40. The van der Waals surface area contributed by atoms with E-state index in [0.717, 1.165) is 30.0 Å². The molecular formula is C18H21FN2O2S. The van der Waals surface area contributed by atoms with Gasteiger partial charge in [0.2, 0.25) is 0 Å². The lowest BCUT2D eigenvalue weighted by molar-refractivity contribution is 0.0610. The zero-order chi connectivity index (χ0) is 17.1. The Labute approximate surface area is 145 Å². The van der Waals surface area contributed by atoms with Crippen molar-refractivity contribution < 1.29 is 13.9 Å². The number of benzene rings is 1. The van der Waals surface area contributed by atoms with E-state index < -0.39 is 0 Å². The van der Waals surface area contributed by atoms with Crippen molar-refractivity contribution in [3.05, 3.63) is 51.2 Å². The normalized spacial score (nSPS) is 18.0. The molecule has 0 unspecified atom stereocenters. The maximum absolute atomic E-state index is 13.8. The van der Waals surface area contributed by atoms with E-state index in [1.807, 2.05) is 17.2 Å². The van der Waals surface area contributed by atoms with Crippen molar-refractivity contribution in [3.63, 3.8) is 0 Å². The van der Waals surface area contributed by atoms with Crippen LogP contribution in [0.4, 0.5) is 4.39 Å². The highest BCUT2D eigenvalue weighted by atomic mass is 32.1. The lowest BCUT2D eigenvalue weighted by atomic mass is 10.0. The summed E-state index contributed by atoms with van der Waals surface area (Å²) in [4.78, 5) is 19.4. The lowest BCUT2D eigenvalue weighted by Crippen LogP contribution is -2.38. The predicted molar refractivity (Wildman–Crippen MR) is 91.6 cm³/mol. The van der Waals surface area contributed by atoms with E-state index in [1.54, 1.807) is 23.5 Å². The molecule has 1 fully saturated rings. The molecule has 24 heavy (non-hydrogen) atoms. The number of carbonyl (C=O) groups excluding carboxylic acids is 1. The van der Waals surface area contributed by atoms with Gasteiger partial charge in [0.25, 0.3) is 5.91 Å². The van der Waals surface area contributed by atoms with Gasteiger partial charge in [-0.15, -0.1) is 11.3 Å². The first-order chi connectivity index (χ1) is 11.6. The number of nitrogens with zero attached hydrogens (tertiary/aromatic N) is 2. The molecule has 2 aromatic rings. The van der Waals surface area contributed by atoms with Crippen molar-refractivity contribution in [1.82, 2.24) is 9.88 Å². The largest absolute Gasteiger partial charge is 0.380 e. The molecule has 0 aliphatic carbocycles. The van der Waals surface area contributed by atoms with E-state index in [9.17, 15) is 9.18 Å². The van der Waals surface area contributed by atoms with E-state index in [2.05, 4.69) is 4.98 Å². The first-order valence-corrected chi connectivity index (χ1v) is 8.98. The fourth-order valence-electron chi connectivity index (χ4n) is 3.10. The minimum absolute atomic E-state index is 0.0147. The summed E-state index contributed by atoms with van der Waals surface area (Å²) in [6.07, 6.45) is 2.99. The molecule has 128 valence electrons. The molecule has 0 saturated carbocycles. The number of hydrogen-bond acceptors (Lipinski definition) is 4. The molecule has 1 aliphatic heterocycles. The molecule has 0 bridgehead atoms. The van der Waals surface area contributed by atoms with Crippen LogP contribution in [0.3, 0.4) is 0 Å². The molecule has 0 radical (unpaired) electrons. The number of methoxy groups -OCH3 is 1. The monoisotopic (exact) mass is 348 g/mol. The second-order valence-electron chi connectivity index (χ2n) is 6.08. The summed E-state index contributed by atoms with van der Waals surface area (Å²) in [5.41, 5.74) is 1.89. The standard InChI is InChI=1S/C18H21FN2O2S/c1-12-11-24-17(20-12)16-5-3-4-8-21(16)18(22)13-6-7-15(19)14(9-13)10-23-2/h6-7,9,11,16H,3-5,8,10H2,1-2H3/t16-/m1/s1. The number of hydrogen-bond donors (Lipinski definition) is 0. The molecule has 4 nitrogen and oxygen atoms in total. The minimum atomic E-state index is -0.348. The molecule has 1 aromatic heterocycles. The van der Waals surface area contributed by atoms with Crippen LogP contribution in [0.1, 0.15) is 51.9 Å². The number of piperidine rings is 1. The fourth-order valence-corrected chi connectivity index (χ4v) is 4.04. The Kier molecular flexibility index (Phi) is 5.26. The summed E-state index contributed by atoms with van der Waals surface area (Å²) < 4.78 is 18.8. The van der Waals surface area contributed by atoms with Gasteiger partial charge in [-0.25, -0.2) is 9.37 Å². The van der Waals surface area contributed by atoms with Crippen molar-refractivity contribution in [1.29, 1.82) is 0 Å². The van der Waals surface area contributed by atoms with E-state index in [1.165, 1.54) is 13.2 Å². The summed E-state index contributed by atoms with van der Waals surface area (Å²) in [7, 11) is 1.51. The molecule has 0 spiro atoms. The summed E-state index contributed by atoms with van der Waals surface area (Å²) >= 11 is 1.60. The molecular weight excluding hydrogens is 327 g/mol. The summed E-state index contributed by atoms with van der Waals surface area (Å²) in [5, 5.41) is 3.00. The molecule has 1 aliphatic rings. The zero-order valence-electron chi connectivity index (χ0n) is 13.9. The van der Waals surface area contributed by atoms with Crippen molar-refractivity contribution in [2.75, 3.05) is 13.7 Å². The Morgan fingerprint density at radius 2 is 2.29 bits per heavy atom. The van der Waals surface area contributed by atoms with Crippen LogP contribution in [0, 0.1) is 12.7 Å². The molecule has 2 heterocycles. The maximum atomic E-state index is 13.8. The Morgan fingerprint density at radius 1 is 1.46 bits per heavy atom. The highest BCUT2D eigenvalue weighted by Crippen LogP contribution is 2.34. The van der Waals surface area contributed by atoms with Crippen molar-refractivity contribution in [3.8, 4) is 0 Å². The Balaban J connectivity index is 1.88. The van der Waals surface area contributed by atoms with Gasteiger partial charge in [-0.3, -0.25) is 4.79 Å². The van der Waals surface area contributed by atoms with Gasteiger partial charge in [-0.1, -0.05) is 0 Å². The molecule has 0 N–H and O–H groups in total. The predicted octanol–water partition coefficient (Wildman–Crippen LogP) is 4.10. The SMILES string of the molecule is COCc1cc(C(=O)N2CCCC[C@@H]2c2nc(C)cs2)ccc1F. The van der Waals surface area contributed by atoms with E-state index >= 15 is 0 Å². The molecule has 3 rings (SSSR count). The van der Waals surface area contributed by atoms with Gasteiger partial charge in [0.15, 0.2) is 0 Å². The number of likely N-dealkylation sites (tertiary alicyclic amines) is 1. The fraction of sp³-hybridized carbons (Fsp3) is 0.444. The topological polar surface area (TPSA) is 42.4 Å². The molecule has 6 heteroatoms. The number of halogens is 1. The number of aromatic nitrogens is 1. The summed E-state index contributed by atoms with van der Waals surface area (Å²) in [6, 6.07) is 4.50. The zero-order valence-corrected chi connectivity index (χ0v) is 14.7. The van der Waals surface area contributed by atoms with Crippen molar-refractivity contribution in [2.24, 2.45) is 0 Å². The van der Waals surface area contributed by atoms with Gasteiger partial charge in [-0.2, -0.15) is 0 Å². The highest BCUT2D eigenvalue weighted by molar-refractivity contribution is 7.09. The van der Waals surface area contributed by atoms with Crippen LogP contribution in [-0.2, 0) is 11.3 Å². The van der Waals surface area contributed by atoms with Gasteiger partial charge in [0.1, 0.15) is 10.8 Å². The van der Waals surface area contributed by atoms with Gasteiger partial charge < -0.3 is 9.64 Å². The number of carbonyl (C=O) groups is 1. The molecule has 1 aromatic carbocycles. The summed E-state index contributed by atoms with van der Waals surface area (Å²) in [5.74, 6) is -0.413. The van der Waals surface area contributed by atoms with E-state index in [4.69, 9.17) is 4.74 Å². The van der Waals surface area contributed by atoms with Crippen LogP contribution in [0.15, 0.2) is 23.6 Å². The third-order valence-electron chi connectivity index (χ3n) is 4.28. The van der Waals surface area contributed by atoms with E-state index in [0.29, 0.717) is 17.7 Å². The van der Waals surface area contributed by atoms with Crippen LogP contribution < -0.4 is 0 Å². The maximum Gasteiger partial charge on any atom is 0.254 e. The first-order valence-electron chi connectivity index (χ1n) is 8.10. The average Bonchev–Trinajstić information content (AvgIpc) is 3.03. The Bertz CT molecular complexity index is 732. The second-order valence-corrected chi connectivity index (χ2v) is 6.97. The first kappa shape index (κ1) is 17.0. The summed E-state index contributed by atoms with van der Waals surface area (Å²) in [6.45, 7) is 2.83. The smallest absolute Gasteiger partial charge is 0.254 e. The third-order valence-corrected chi connectivity index (χ3v) is 5.34. The third kappa shape index (κ3) is 3.49. The Hall–Kier alpha value is -1.79. The minimum Gasteiger partial charge on any atom is -0.380 e. The number of thiazole rings is 1. The average molecular weight is 348 g/mol. The van der Waals surface area contributed by atoms with Gasteiger partial charge in [-0.05, 0) is 44.4 Å². The highest BCUT2D eigenvalue weighted by Gasteiger charge is 2.30. The Morgan fingerprint density at radius 3 is 3.00 bits per heavy atom. The van der Waals surface area contributed by atoms with Crippen LogP contribution in [0.5, 0.6) is 0 Å². The lowest BCUT2D eigenvalue weighted by Gasteiger charge is -2.34. The van der Waals surface area contributed by atoms with E-state index in [-0.39, 0.29) is 24.4 Å². The van der Waals surface area contributed by atoms with Gasteiger partial charge in [0.05, 0.1) is 12.6 Å².